The number of amides is 8. The molecular formula is C37H57N9O13. The van der Waals surface area contributed by atoms with Crippen LogP contribution >= 0.6 is 0 Å². The maximum atomic E-state index is 13.9. The minimum atomic E-state index is -1.73. The summed E-state index contributed by atoms with van der Waals surface area (Å²) < 4.78 is 0. The number of aliphatic carboxylic acids is 2. The molecule has 0 spiro atoms. The Kier molecular flexibility index (Phi) is 21.2. The number of hydrogen-bond acceptors (Lipinski definition) is 12. The largest absolute Gasteiger partial charge is 0.481 e. The molecule has 59 heavy (non-hydrogen) atoms. The first kappa shape index (κ1) is 50.9. The number of benzene rings is 1. The van der Waals surface area contributed by atoms with E-state index in [1.165, 1.54) is 6.92 Å². The van der Waals surface area contributed by atoms with Gasteiger partial charge in [-0.05, 0) is 37.7 Å². The van der Waals surface area contributed by atoms with Crippen molar-refractivity contribution >= 4 is 59.2 Å². The van der Waals surface area contributed by atoms with Gasteiger partial charge >= 0.3 is 11.9 Å². The monoisotopic (exact) mass is 835 g/mol. The van der Waals surface area contributed by atoms with Crippen molar-refractivity contribution in [3.63, 3.8) is 0 Å². The van der Waals surface area contributed by atoms with Gasteiger partial charge in [0, 0.05) is 12.8 Å². The fraction of sp³-hybridized carbons (Fsp3) is 0.568. The summed E-state index contributed by atoms with van der Waals surface area (Å²) in [5.41, 5.74) is 11.5. The van der Waals surface area contributed by atoms with Crippen LogP contribution < -0.4 is 48.7 Å². The van der Waals surface area contributed by atoms with Gasteiger partial charge in [0.05, 0.1) is 19.1 Å². The standard InChI is InChI=1S/C37H57N9O13/c1-17(2)28(35(56)44-25(16-47)34(55)41-22(12-13-27(49)50)31(52)40-20(6)37(58)59)46-36(57)29(18(3)4)45-33(54)23(14-21-10-8-7-9-11-21)43-32(53)24(15-26(39)48)42-30(51)19(5)38/h7-11,17-20,22-25,28-29,47H,12-16,38H2,1-6H3,(H2,39,48)(H,40,52)(H,41,55)(H,42,51)(H,43,53)(H,44,56)(H,45,54)(H,46,57)(H,49,50)(H,58,59)/t19-,20-,22-,23-,24-,25-,28-,29-/m0/s1. The third-order valence-electron chi connectivity index (χ3n) is 8.69. The maximum Gasteiger partial charge on any atom is 0.325 e. The first-order valence-electron chi connectivity index (χ1n) is 18.7. The predicted molar refractivity (Wildman–Crippen MR) is 208 cm³/mol. The lowest BCUT2D eigenvalue weighted by Crippen LogP contribution is -2.62. The van der Waals surface area contributed by atoms with Crippen molar-refractivity contribution in [3.8, 4) is 0 Å². The van der Waals surface area contributed by atoms with E-state index in [1.807, 2.05) is 0 Å². The molecule has 22 heteroatoms. The molecule has 8 amide bonds. The number of carboxylic acids is 2. The second kappa shape index (κ2) is 24.6. The number of nitrogens with one attached hydrogen (secondary N) is 7. The molecule has 0 aliphatic heterocycles. The summed E-state index contributed by atoms with van der Waals surface area (Å²) in [5, 5.41) is 44.8. The van der Waals surface area contributed by atoms with Crippen molar-refractivity contribution < 1.29 is 63.3 Å². The summed E-state index contributed by atoms with van der Waals surface area (Å²) in [6.07, 6.45) is -1.79. The zero-order valence-corrected chi connectivity index (χ0v) is 33.8. The Hall–Kier alpha value is -6.16. The molecular weight excluding hydrogens is 778 g/mol. The first-order valence-corrected chi connectivity index (χ1v) is 18.7. The molecule has 0 saturated carbocycles. The molecule has 14 N–H and O–H groups in total. The van der Waals surface area contributed by atoms with Gasteiger partial charge in [0.15, 0.2) is 0 Å². The van der Waals surface area contributed by atoms with Crippen LogP contribution in [0.4, 0.5) is 0 Å². The molecule has 0 bridgehead atoms. The van der Waals surface area contributed by atoms with Crippen LogP contribution in [0, 0.1) is 11.8 Å². The van der Waals surface area contributed by atoms with Crippen LogP contribution in [0.3, 0.4) is 0 Å². The second-order valence-electron chi connectivity index (χ2n) is 14.5. The average molecular weight is 836 g/mol. The number of carbonyl (C=O) groups excluding carboxylic acids is 8. The summed E-state index contributed by atoms with van der Waals surface area (Å²) in [4.78, 5) is 127. The maximum absolute atomic E-state index is 13.9. The van der Waals surface area contributed by atoms with E-state index in [2.05, 4.69) is 37.2 Å². The van der Waals surface area contributed by atoms with Gasteiger partial charge in [-0.3, -0.25) is 47.9 Å². The minimum absolute atomic E-state index is 0.103. The average Bonchev–Trinajstić information content (AvgIpc) is 3.15. The highest BCUT2D eigenvalue weighted by Crippen LogP contribution is 2.10. The molecule has 1 rings (SSSR count). The number of aliphatic hydroxyl groups is 1. The Morgan fingerprint density at radius 3 is 1.49 bits per heavy atom. The van der Waals surface area contributed by atoms with Gasteiger partial charge in [0.2, 0.25) is 47.3 Å². The summed E-state index contributed by atoms with van der Waals surface area (Å²) in [7, 11) is 0. The van der Waals surface area contributed by atoms with E-state index in [0.29, 0.717) is 5.56 Å². The van der Waals surface area contributed by atoms with Gasteiger partial charge in [0.25, 0.3) is 0 Å². The summed E-state index contributed by atoms with van der Waals surface area (Å²) in [5.74, 6) is -11.5. The Bertz CT molecular complexity index is 1670. The van der Waals surface area contributed by atoms with Crippen LogP contribution in [0.15, 0.2) is 30.3 Å². The number of nitrogens with two attached hydrogens (primary N) is 2. The summed E-state index contributed by atoms with van der Waals surface area (Å²) in [6.45, 7) is 7.76. The Labute approximate surface area is 340 Å². The normalized spacial score (nSPS) is 15.1. The van der Waals surface area contributed by atoms with Crippen molar-refractivity contribution in [1.29, 1.82) is 0 Å². The molecule has 328 valence electrons. The number of aliphatic hydroxyl groups excluding tert-OH is 1. The van der Waals surface area contributed by atoms with E-state index < -0.39 is 145 Å². The van der Waals surface area contributed by atoms with Crippen molar-refractivity contribution in [3.05, 3.63) is 35.9 Å². The molecule has 1 aromatic carbocycles. The Morgan fingerprint density at radius 2 is 1.02 bits per heavy atom. The molecule has 0 aromatic heterocycles. The van der Waals surface area contributed by atoms with Gasteiger partial charge in [-0.2, -0.15) is 0 Å². The van der Waals surface area contributed by atoms with Gasteiger partial charge in [-0.1, -0.05) is 58.0 Å². The Balaban J connectivity index is 3.29. The number of hydrogen-bond donors (Lipinski definition) is 12. The molecule has 0 radical (unpaired) electrons. The molecule has 0 unspecified atom stereocenters. The van der Waals surface area contributed by atoms with Gasteiger partial charge in [-0.25, -0.2) is 0 Å². The van der Waals surface area contributed by atoms with E-state index in [4.69, 9.17) is 21.7 Å². The second-order valence-corrected chi connectivity index (χ2v) is 14.5. The summed E-state index contributed by atoms with van der Waals surface area (Å²) in [6, 6.07) is -2.87. The molecule has 0 fully saturated rings. The zero-order valence-electron chi connectivity index (χ0n) is 33.8. The smallest absolute Gasteiger partial charge is 0.325 e. The molecule has 22 nitrogen and oxygen atoms in total. The van der Waals surface area contributed by atoms with E-state index in [0.717, 1.165) is 6.92 Å². The van der Waals surface area contributed by atoms with E-state index in [-0.39, 0.29) is 6.42 Å². The van der Waals surface area contributed by atoms with Crippen LogP contribution in [0.25, 0.3) is 0 Å². The fourth-order valence-corrected chi connectivity index (χ4v) is 5.25. The van der Waals surface area contributed by atoms with Crippen molar-refractivity contribution in [2.24, 2.45) is 23.3 Å². The number of rotatable bonds is 25. The number of carboxylic acid groups (broad SMARTS) is 2. The molecule has 0 aliphatic carbocycles. The van der Waals surface area contributed by atoms with Gasteiger partial charge in [-0.15, -0.1) is 0 Å². The molecule has 8 atom stereocenters. The lowest BCUT2D eigenvalue weighted by Gasteiger charge is -2.30. The van der Waals surface area contributed by atoms with Crippen LogP contribution in [0.5, 0.6) is 0 Å². The highest BCUT2D eigenvalue weighted by atomic mass is 16.4. The third kappa shape index (κ3) is 17.9. The fourth-order valence-electron chi connectivity index (χ4n) is 5.25. The predicted octanol–water partition coefficient (Wildman–Crippen LogP) is -3.88. The van der Waals surface area contributed by atoms with Gasteiger partial charge < -0.3 is 64.0 Å². The molecule has 0 heterocycles. The van der Waals surface area contributed by atoms with Gasteiger partial charge in [0.1, 0.15) is 42.3 Å². The number of primary amides is 1. The highest BCUT2D eigenvalue weighted by Gasteiger charge is 2.36. The van der Waals surface area contributed by atoms with Crippen LogP contribution in [0.2, 0.25) is 0 Å². The molecule has 1 aromatic rings. The third-order valence-corrected chi connectivity index (χ3v) is 8.69. The minimum Gasteiger partial charge on any atom is -0.481 e. The van der Waals surface area contributed by atoms with Crippen LogP contribution in [-0.2, 0) is 54.4 Å². The van der Waals surface area contributed by atoms with E-state index in [9.17, 15) is 53.1 Å². The lowest BCUT2D eigenvalue weighted by molar-refractivity contribution is -0.142. The molecule has 0 aliphatic rings. The van der Waals surface area contributed by atoms with E-state index in [1.54, 1.807) is 58.0 Å². The number of carbonyl (C=O) groups is 10. The Morgan fingerprint density at radius 1 is 0.576 bits per heavy atom. The van der Waals surface area contributed by atoms with Crippen LogP contribution in [-0.4, -0.2) is 129 Å². The van der Waals surface area contributed by atoms with E-state index >= 15 is 0 Å². The van der Waals surface area contributed by atoms with Crippen molar-refractivity contribution in [2.75, 3.05) is 6.61 Å². The lowest BCUT2D eigenvalue weighted by atomic mass is 9.98. The van der Waals surface area contributed by atoms with Crippen LogP contribution in [0.1, 0.15) is 66.4 Å². The summed E-state index contributed by atoms with van der Waals surface area (Å²) >= 11 is 0. The quantitative estimate of drug-likeness (QED) is 0.0449. The molecule has 0 saturated heterocycles. The zero-order chi connectivity index (χ0) is 45.1. The SMILES string of the molecule is CC(C)[C@H](NC(=O)[C@H](Cc1ccccc1)NC(=O)[C@H](CC(N)=O)NC(=O)[C@H](C)N)C(=O)N[C@H](C(=O)N[C@@H](CO)C(=O)N[C@@H](CCC(=O)O)C(=O)N[C@@H](C)C(=O)O)C(C)C. The van der Waals surface area contributed by atoms with Crippen molar-refractivity contribution in [2.45, 2.75) is 116 Å². The first-order chi connectivity index (χ1) is 27.5. The topological polar surface area (TPSA) is 368 Å². The van der Waals surface area contributed by atoms with Crippen molar-refractivity contribution in [1.82, 2.24) is 37.2 Å². The highest BCUT2D eigenvalue weighted by molar-refractivity contribution is 5.98.